The molecule has 1 aliphatic heterocycles. The van der Waals surface area contributed by atoms with Gasteiger partial charge in [-0.3, -0.25) is 25.2 Å². The van der Waals surface area contributed by atoms with Gasteiger partial charge in [-0.25, -0.2) is 8.42 Å². The van der Waals surface area contributed by atoms with Crippen LogP contribution in [0.5, 0.6) is 0 Å². The van der Waals surface area contributed by atoms with Crippen molar-refractivity contribution in [2.24, 2.45) is 0 Å². The number of benzene rings is 2. The van der Waals surface area contributed by atoms with Crippen LogP contribution in [0.25, 0.3) is 0 Å². The van der Waals surface area contributed by atoms with Crippen LogP contribution in [0.4, 0.5) is 5.00 Å². The lowest BCUT2D eigenvalue weighted by molar-refractivity contribution is -0.119. The molecule has 212 valence electrons. The van der Waals surface area contributed by atoms with Gasteiger partial charge >= 0.3 is 0 Å². The SMILES string of the molecule is CC(=O)NNC(=O)c1c(NC(=O)c2ccc(S(=O)(=O)N(Cc3ccccc3)C(C)C)cc2)sc2c1CCN(C)C2. The van der Waals surface area contributed by atoms with E-state index in [1.807, 2.05) is 51.2 Å². The topological polar surface area (TPSA) is 128 Å². The third-order valence-corrected chi connectivity index (χ3v) is 9.70. The van der Waals surface area contributed by atoms with Gasteiger partial charge in [0.25, 0.3) is 11.8 Å². The van der Waals surface area contributed by atoms with Crippen molar-refractivity contribution >= 4 is 44.1 Å². The molecular formula is C28H33N5O5S2. The number of carbonyl (C=O) groups excluding carboxylic acids is 3. The third kappa shape index (κ3) is 6.58. The number of thiophene rings is 1. The number of nitrogens with zero attached hydrogens (tertiary/aromatic N) is 2. The van der Waals surface area contributed by atoms with Crippen LogP contribution < -0.4 is 16.2 Å². The molecule has 3 N–H and O–H groups in total. The lowest BCUT2D eigenvalue weighted by atomic mass is 10.0. The second kappa shape index (κ2) is 12.3. The fourth-order valence-corrected chi connectivity index (χ4v) is 7.41. The average molecular weight is 584 g/mol. The Hall–Kier alpha value is -3.58. The smallest absolute Gasteiger partial charge is 0.272 e. The largest absolute Gasteiger partial charge is 0.313 e. The number of sulfonamides is 1. The second-order valence-corrected chi connectivity index (χ2v) is 12.9. The van der Waals surface area contributed by atoms with E-state index < -0.39 is 27.7 Å². The van der Waals surface area contributed by atoms with Crippen molar-refractivity contribution < 1.29 is 22.8 Å². The highest BCUT2D eigenvalue weighted by atomic mass is 32.2. The molecule has 3 aromatic rings. The van der Waals surface area contributed by atoms with Gasteiger partial charge in [0.1, 0.15) is 5.00 Å². The number of fused-ring (bicyclic) bond motifs is 1. The maximum absolute atomic E-state index is 13.5. The second-order valence-electron chi connectivity index (χ2n) is 9.94. The van der Waals surface area contributed by atoms with E-state index in [2.05, 4.69) is 21.1 Å². The standard InChI is InChI=1S/C28H33N5O5S2/c1-18(2)33(16-20-8-6-5-7-9-20)40(37,38)22-12-10-21(11-13-22)26(35)29-28-25(27(36)31-30-19(3)34)23-14-15-32(4)17-24(23)39-28/h5-13,18H,14-17H2,1-4H3,(H,29,35)(H,30,34)(H,31,36). The Morgan fingerprint density at radius 1 is 1.00 bits per heavy atom. The van der Waals surface area contributed by atoms with Gasteiger partial charge in [-0.1, -0.05) is 30.3 Å². The normalized spacial score (nSPS) is 13.7. The molecule has 0 saturated heterocycles. The quantitative estimate of drug-likeness (QED) is 0.349. The Morgan fingerprint density at radius 3 is 2.30 bits per heavy atom. The summed E-state index contributed by atoms with van der Waals surface area (Å²) in [5.74, 6) is -1.41. The summed E-state index contributed by atoms with van der Waals surface area (Å²) in [4.78, 5) is 40.6. The maximum Gasteiger partial charge on any atom is 0.272 e. The lowest BCUT2D eigenvalue weighted by Crippen LogP contribution is -2.41. The van der Waals surface area contributed by atoms with Crippen LogP contribution in [0.1, 0.15) is 57.5 Å². The Kier molecular flexibility index (Phi) is 9.04. The number of hydrogen-bond donors (Lipinski definition) is 3. The third-order valence-electron chi connectivity index (χ3n) is 6.53. The van der Waals surface area contributed by atoms with Gasteiger partial charge in [0, 0.05) is 43.0 Å². The molecule has 10 nitrogen and oxygen atoms in total. The van der Waals surface area contributed by atoms with E-state index in [0.29, 0.717) is 23.5 Å². The highest BCUT2D eigenvalue weighted by molar-refractivity contribution is 7.89. The number of carbonyl (C=O) groups is 3. The van der Waals surface area contributed by atoms with Crippen LogP contribution in [-0.2, 0) is 34.3 Å². The van der Waals surface area contributed by atoms with Gasteiger partial charge in [0.05, 0.1) is 10.5 Å². The Morgan fingerprint density at radius 2 is 1.68 bits per heavy atom. The van der Waals surface area contributed by atoms with E-state index in [4.69, 9.17) is 0 Å². The highest BCUT2D eigenvalue weighted by Gasteiger charge is 2.29. The minimum Gasteiger partial charge on any atom is -0.313 e. The number of likely N-dealkylation sites (N-methyl/N-ethyl adjacent to an activating group) is 1. The fourth-order valence-electron chi connectivity index (χ4n) is 4.46. The Balaban J connectivity index is 1.56. The molecule has 1 aliphatic rings. The first-order chi connectivity index (χ1) is 19.0. The zero-order valence-corrected chi connectivity index (χ0v) is 24.5. The summed E-state index contributed by atoms with van der Waals surface area (Å²) < 4.78 is 28.4. The molecule has 0 spiro atoms. The summed E-state index contributed by atoms with van der Waals surface area (Å²) in [6.45, 7) is 6.54. The fraction of sp³-hybridized carbons (Fsp3) is 0.321. The summed E-state index contributed by atoms with van der Waals surface area (Å²) in [6.07, 6.45) is 0.628. The van der Waals surface area contributed by atoms with E-state index in [9.17, 15) is 22.8 Å². The highest BCUT2D eigenvalue weighted by Crippen LogP contribution is 2.37. The van der Waals surface area contributed by atoms with Gasteiger partial charge in [0.2, 0.25) is 15.9 Å². The first-order valence-corrected chi connectivity index (χ1v) is 15.1. The number of hydrogen-bond acceptors (Lipinski definition) is 7. The Labute approximate surface area is 238 Å². The summed E-state index contributed by atoms with van der Waals surface area (Å²) in [5.41, 5.74) is 6.97. The zero-order valence-electron chi connectivity index (χ0n) is 22.9. The predicted octanol–water partition coefficient (Wildman–Crippen LogP) is 3.37. The lowest BCUT2D eigenvalue weighted by Gasteiger charge is -2.26. The number of hydrazine groups is 1. The van der Waals surface area contributed by atoms with Crippen molar-refractivity contribution in [3.8, 4) is 0 Å². The van der Waals surface area contributed by atoms with Crippen molar-refractivity contribution in [3.63, 3.8) is 0 Å². The molecule has 12 heteroatoms. The van der Waals surface area contributed by atoms with Crippen molar-refractivity contribution in [1.82, 2.24) is 20.1 Å². The van der Waals surface area contributed by atoms with Crippen LogP contribution in [0.3, 0.4) is 0 Å². The van der Waals surface area contributed by atoms with Crippen LogP contribution in [0.2, 0.25) is 0 Å². The molecule has 0 aliphatic carbocycles. The first-order valence-electron chi connectivity index (χ1n) is 12.8. The van der Waals surface area contributed by atoms with Crippen LogP contribution in [0, 0.1) is 0 Å². The summed E-state index contributed by atoms with van der Waals surface area (Å²) in [6, 6.07) is 14.8. The predicted molar refractivity (Wildman–Crippen MR) is 154 cm³/mol. The molecule has 0 saturated carbocycles. The molecule has 2 heterocycles. The van der Waals surface area contributed by atoms with Crippen molar-refractivity contribution in [1.29, 1.82) is 0 Å². The average Bonchev–Trinajstić information content (AvgIpc) is 3.27. The Bertz CT molecular complexity index is 1500. The maximum atomic E-state index is 13.5. The molecule has 1 aromatic heterocycles. The van der Waals surface area contributed by atoms with E-state index in [0.717, 1.165) is 22.5 Å². The van der Waals surface area contributed by atoms with Gasteiger partial charge in [-0.15, -0.1) is 11.3 Å². The minimum atomic E-state index is -3.83. The van der Waals surface area contributed by atoms with E-state index in [1.54, 1.807) is 0 Å². The van der Waals surface area contributed by atoms with Gasteiger partial charge in [-0.05, 0) is 62.7 Å². The van der Waals surface area contributed by atoms with Gasteiger partial charge < -0.3 is 10.2 Å². The van der Waals surface area contributed by atoms with Crippen LogP contribution >= 0.6 is 11.3 Å². The summed E-state index contributed by atoms with van der Waals surface area (Å²) >= 11 is 1.32. The summed E-state index contributed by atoms with van der Waals surface area (Å²) in [7, 11) is -1.85. The first kappa shape index (κ1) is 29.4. The molecule has 0 bridgehead atoms. The summed E-state index contributed by atoms with van der Waals surface area (Å²) in [5, 5.41) is 3.20. The molecule has 0 fully saturated rings. The number of nitrogens with one attached hydrogen (secondary N) is 3. The van der Waals surface area contributed by atoms with Gasteiger partial charge in [-0.2, -0.15) is 4.31 Å². The molecule has 0 radical (unpaired) electrons. The van der Waals surface area contributed by atoms with Gasteiger partial charge in [0.15, 0.2) is 0 Å². The minimum absolute atomic E-state index is 0.0821. The van der Waals surface area contributed by atoms with E-state index in [-0.39, 0.29) is 23.0 Å². The molecule has 3 amide bonds. The molecule has 2 aromatic carbocycles. The molecule has 0 unspecified atom stereocenters. The van der Waals surface area contributed by atoms with Crippen molar-refractivity contribution in [3.05, 3.63) is 81.7 Å². The monoisotopic (exact) mass is 583 g/mol. The van der Waals surface area contributed by atoms with Crippen molar-refractivity contribution in [2.75, 3.05) is 18.9 Å². The zero-order chi connectivity index (χ0) is 29.0. The van der Waals surface area contributed by atoms with Crippen LogP contribution in [0.15, 0.2) is 59.5 Å². The number of anilines is 1. The number of amides is 3. The van der Waals surface area contributed by atoms with E-state index >= 15 is 0 Å². The molecule has 4 rings (SSSR count). The van der Waals surface area contributed by atoms with Crippen molar-refractivity contribution in [2.45, 2.75) is 51.2 Å². The number of rotatable bonds is 8. The molecule has 0 atom stereocenters. The molecule has 40 heavy (non-hydrogen) atoms. The van der Waals surface area contributed by atoms with Crippen LogP contribution in [-0.4, -0.2) is 55.0 Å². The molecular weight excluding hydrogens is 550 g/mol. The van der Waals surface area contributed by atoms with E-state index in [1.165, 1.54) is 46.8 Å².